The third-order valence-corrected chi connectivity index (χ3v) is 5.06. The van der Waals surface area contributed by atoms with Crippen molar-refractivity contribution < 1.29 is 14.2 Å². The Morgan fingerprint density at radius 2 is 1.90 bits per heavy atom. The average Bonchev–Trinajstić information content (AvgIpc) is 2.76. The number of aryl methyl sites for hydroxylation is 1. The lowest BCUT2D eigenvalue weighted by atomic mass is 10.1. The van der Waals surface area contributed by atoms with Gasteiger partial charge in [0.15, 0.2) is 11.5 Å². The van der Waals surface area contributed by atoms with Crippen molar-refractivity contribution in [3.05, 3.63) is 82.0 Å². The Morgan fingerprint density at radius 3 is 2.67 bits per heavy atom. The lowest BCUT2D eigenvalue weighted by Crippen LogP contribution is -2.17. The topological polar surface area (TPSA) is 52.6 Å². The summed E-state index contributed by atoms with van der Waals surface area (Å²) in [6.07, 6.45) is 2.62. The maximum Gasteiger partial charge on any atom is 0.213 e. The number of rotatable bonds is 11. The van der Waals surface area contributed by atoms with Crippen molar-refractivity contribution in [2.24, 2.45) is 0 Å². The van der Waals surface area contributed by atoms with Gasteiger partial charge in [-0.2, -0.15) is 0 Å². The lowest BCUT2D eigenvalue weighted by Gasteiger charge is -2.15. The third kappa shape index (κ3) is 6.75. The van der Waals surface area contributed by atoms with Crippen LogP contribution in [0.25, 0.3) is 0 Å². The second-order valence-corrected chi connectivity index (χ2v) is 7.79. The van der Waals surface area contributed by atoms with Gasteiger partial charge < -0.3 is 19.5 Å². The Hall–Kier alpha value is -2.57. The minimum absolute atomic E-state index is 0.491. The molecule has 30 heavy (non-hydrogen) atoms. The van der Waals surface area contributed by atoms with Crippen LogP contribution in [0.5, 0.6) is 17.4 Å². The van der Waals surface area contributed by atoms with Crippen LogP contribution in [0.4, 0.5) is 0 Å². The van der Waals surface area contributed by atoms with Gasteiger partial charge in [-0.15, -0.1) is 0 Å². The summed E-state index contributed by atoms with van der Waals surface area (Å²) >= 11 is 3.63. The number of hydrogen-bond donors (Lipinski definition) is 1. The minimum Gasteiger partial charge on any atom is -0.493 e. The third-order valence-electron chi connectivity index (χ3n) is 4.47. The van der Waals surface area contributed by atoms with Gasteiger partial charge in [-0.3, -0.25) is 0 Å². The van der Waals surface area contributed by atoms with E-state index in [1.807, 2.05) is 30.3 Å². The predicted molar refractivity (Wildman–Crippen MR) is 122 cm³/mol. The maximum absolute atomic E-state index is 6.04. The fourth-order valence-electron chi connectivity index (χ4n) is 3.01. The van der Waals surface area contributed by atoms with Crippen LogP contribution in [0.3, 0.4) is 0 Å². The number of hydrogen-bond acceptors (Lipinski definition) is 5. The van der Waals surface area contributed by atoms with Crippen molar-refractivity contribution in [1.82, 2.24) is 10.3 Å². The van der Waals surface area contributed by atoms with Crippen molar-refractivity contribution in [3.63, 3.8) is 0 Å². The molecule has 0 unspecified atom stereocenters. The molecule has 3 rings (SSSR count). The summed E-state index contributed by atoms with van der Waals surface area (Å²) in [7, 11) is 1.66. The van der Waals surface area contributed by atoms with Gasteiger partial charge in [0.2, 0.25) is 5.88 Å². The number of nitrogens with one attached hydrogen (secondary N) is 1. The van der Waals surface area contributed by atoms with E-state index in [1.165, 1.54) is 5.56 Å². The van der Waals surface area contributed by atoms with E-state index in [2.05, 4.69) is 57.4 Å². The molecule has 1 N–H and O–H groups in total. The molecule has 0 spiro atoms. The van der Waals surface area contributed by atoms with Crippen LogP contribution < -0.4 is 19.5 Å². The molecule has 0 amide bonds. The number of aromatic nitrogens is 1. The fourth-order valence-corrected chi connectivity index (χ4v) is 3.62. The minimum atomic E-state index is 0.491. The van der Waals surface area contributed by atoms with Crippen LogP contribution in [0, 0.1) is 6.92 Å². The van der Waals surface area contributed by atoms with E-state index in [1.54, 1.807) is 13.3 Å². The molecule has 0 saturated carbocycles. The molecule has 1 aromatic heterocycles. The van der Waals surface area contributed by atoms with E-state index in [0.29, 0.717) is 30.6 Å². The zero-order chi connectivity index (χ0) is 21.2. The van der Waals surface area contributed by atoms with E-state index in [4.69, 9.17) is 14.2 Å². The molecule has 5 nitrogen and oxygen atoms in total. The predicted octanol–water partition coefficient (Wildman–Crippen LogP) is 5.30. The first kappa shape index (κ1) is 22.1. The smallest absolute Gasteiger partial charge is 0.213 e. The number of ether oxygens (including phenoxy) is 3. The average molecular weight is 471 g/mol. The first-order valence-corrected chi connectivity index (χ1v) is 10.7. The molecule has 0 aliphatic heterocycles. The summed E-state index contributed by atoms with van der Waals surface area (Å²) in [4.78, 5) is 4.15. The van der Waals surface area contributed by atoms with Crippen LogP contribution in [0.15, 0.2) is 65.3 Å². The Balaban J connectivity index is 1.48. The zero-order valence-corrected chi connectivity index (χ0v) is 18.9. The van der Waals surface area contributed by atoms with Crippen molar-refractivity contribution in [2.75, 3.05) is 20.3 Å². The highest BCUT2D eigenvalue weighted by atomic mass is 79.9. The van der Waals surface area contributed by atoms with Crippen molar-refractivity contribution >= 4 is 15.9 Å². The molecule has 0 radical (unpaired) electrons. The monoisotopic (exact) mass is 470 g/mol. The van der Waals surface area contributed by atoms with E-state index in [0.717, 1.165) is 35.1 Å². The summed E-state index contributed by atoms with van der Waals surface area (Å²) in [6.45, 7) is 4.77. The second kappa shape index (κ2) is 11.6. The molecule has 2 aromatic carbocycles. The summed E-state index contributed by atoms with van der Waals surface area (Å²) in [5.41, 5.74) is 3.46. The molecule has 0 fully saturated rings. The van der Waals surface area contributed by atoms with E-state index >= 15 is 0 Å². The van der Waals surface area contributed by atoms with Gasteiger partial charge in [0.25, 0.3) is 0 Å². The molecule has 3 aromatic rings. The van der Waals surface area contributed by atoms with Gasteiger partial charge in [-0.05, 0) is 65.1 Å². The van der Waals surface area contributed by atoms with Crippen molar-refractivity contribution in [3.8, 4) is 17.4 Å². The van der Waals surface area contributed by atoms with Crippen molar-refractivity contribution in [1.29, 1.82) is 0 Å². The Kier molecular flexibility index (Phi) is 8.53. The second-order valence-electron chi connectivity index (χ2n) is 6.93. The first-order valence-electron chi connectivity index (χ1n) is 9.95. The van der Waals surface area contributed by atoms with Crippen LogP contribution >= 0.6 is 15.9 Å². The van der Waals surface area contributed by atoms with Crippen LogP contribution in [-0.4, -0.2) is 25.2 Å². The molecule has 0 saturated heterocycles. The molecule has 158 valence electrons. The molecular weight excluding hydrogens is 444 g/mol. The van der Waals surface area contributed by atoms with Gasteiger partial charge in [0, 0.05) is 18.8 Å². The highest BCUT2D eigenvalue weighted by molar-refractivity contribution is 9.10. The first-order chi connectivity index (χ1) is 14.7. The standard InChI is InChI=1S/C24H27BrN2O3/c1-18-7-5-8-19(13-18)17-30-24-21(25)14-20(15-22(24)28-2)16-26-10-6-12-29-23-9-3-4-11-27-23/h3-5,7-9,11,13-15,26H,6,10,12,16-17H2,1-2H3. The highest BCUT2D eigenvalue weighted by Crippen LogP contribution is 2.37. The molecule has 6 heteroatoms. The van der Waals surface area contributed by atoms with Gasteiger partial charge in [0.1, 0.15) is 6.61 Å². The lowest BCUT2D eigenvalue weighted by molar-refractivity contribution is 0.282. The molecule has 0 bridgehead atoms. The zero-order valence-electron chi connectivity index (χ0n) is 17.4. The fraction of sp³-hybridized carbons (Fsp3) is 0.292. The summed E-state index contributed by atoms with van der Waals surface area (Å²) in [6, 6.07) is 18.0. The molecule has 0 atom stereocenters. The Bertz CT molecular complexity index is 935. The number of pyridine rings is 1. The molecule has 0 aliphatic rings. The number of nitrogens with zero attached hydrogens (tertiary/aromatic N) is 1. The molecular formula is C24H27BrN2O3. The summed E-state index contributed by atoms with van der Waals surface area (Å²) in [5.74, 6) is 2.09. The summed E-state index contributed by atoms with van der Waals surface area (Å²) in [5, 5.41) is 3.43. The van der Waals surface area contributed by atoms with Crippen molar-refractivity contribution in [2.45, 2.75) is 26.5 Å². The van der Waals surface area contributed by atoms with E-state index in [9.17, 15) is 0 Å². The van der Waals surface area contributed by atoms with Crippen LogP contribution in [0.2, 0.25) is 0 Å². The molecule has 1 heterocycles. The van der Waals surface area contributed by atoms with Crippen LogP contribution in [0.1, 0.15) is 23.1 Å². The number of benzene rings is 2. The van der Waals surface area contributed by atoms with E-state index in [-0.39, 0.29) is 0 Å². The van der Waals surface area contributed by atoms with E-state index < -0.39 is 0 Å². The number of methoxy groups -OCH3 is 1. The quantitative estimate of drug-likeness (QED) is 0.385. The van der Waals surface area contributed by atoms with Gasteiger partial charge in [-0.25, -0.2) is 4.98 Å². The Morgan fingerprint density at radius 1 is 1.00 bits per heavy atom. The maximum atomic E-state index is 6.04. The molecule has 0 aliphatic carbocycles. The summed E-state index contributed by atoms with van der Waals surface area (Å²) < 4.78 is 18.1. The largest absolute Gasteiger partial charge is 0.493 e. The normalized spacial score (nSPS) is 10.6. The van der Waals surface area contributed by atoms with Gasteiger partial charge >= 0.3 is 0 Å². The van der Waals surface area contributed by atoms with Gasteiger partial charge in [-0.1, -0.05) is 35.9 Å². The number of halogens is 1. The van der Waals surface area contributed by atoms with Gasteiger partial charge in [0.05, 0.1) is 18.2 Å². The van der Waals surface area contributed by atoms with Crippen LogP contribution in [-0.2, 0) is 13.2 Å². The Labute approximate surface area is 186 Å². The highest BCUT2D eigenvalue weighted by Gasteiger charge is 2.12. The SMILES string of the molecule is COc1cc(CNCCCOc2ccccn2)cc(Br)c1OCc1cccc(C)c1.